The highest BCUT2D eigenvalue weighted by molar-refractivity contribution is 5.93. The van der Waals surface area contributed by atoms with Gasteiger partial charge < -0.3 is 10.1 Å². The first-order chi connectivity index (χ1) is 11.6. The van der Waals surface area contributed by atoms with Crippen LogP contribution in [0.3, 0.4) is 0 Å². The molecule has 0 bridgehead atoms. The molecule has 0 aliphatic carbocycles. The molecule has 1 heterocycles. The number of nitrogens with one attached hydrogen (secondary N) is 1. The Morgan fingerprint density at radius 3 is 2.50 bits per heavy atom. The number of fused-ring (bicyclic) bond motifs is 1. The van der Waals surface area contributed by atoms with Gasteiger partial charge in [-0.25, -0.2) is 4.98 Å². The van der Waals surface area contributed by atoms with Gasteiger partial charge in [0.05, 0.1) is 23.3 Å². The largest absolute Gasteiger partial charge is 0.491 e. The molecule has 1 N–H and O–H groups in total. The molecule has 0 spiro atoms. The maximum Gasteiger partial charge on any atom is 0.271 e. The molecule has 0 aliphatic heterocycles. The lowest BCUT2D eigenvalue weighted by atomic mass is 10.2. The van der Waals surface area contributed by atoms with Gasteiger partial charge in [-0.15, -0.1) is 0 Å². The zero-order valence-corrected chi connectivity index (χ0v) is 13.7. The van der Waals surface area contributed by atoms with Gasteiger partial charge in [0.2, 0.25) is 0 Å². The molecule has 1 amide bonds. The van der Waals surface area contributed by atoms with E-state index in [0.717, 1.165) is 16.8 Å². The number of ether oxygens (including phenoxy) is 1. The summed E-state index contributed by atoms with van der Waals surface area (Å²) in [6, 6.07) is 15.1. The van der Waals surface area contributed by atoms with E-state index in [1.165, 1.54) is 6.20 Å². The Hall–Kier alpha value is -2.95. The van der Waals surface area contributed by atoms with Crippen molar-refractivity contribution in [1.29, 1.82) is 0 Å². The van der Waals surface area contributed by atoms with Crippen molar-refractivity contribution < 1.29 is 9.53 Å². The maximum absolute atomic E-state index is 12.2. The van der Waals surface area contributed by atoms with Gasteiger partial charge in [-0.1, -0.05) is 24.3 Å². The van der Waals surface area contributed by atoms with Gasteiger partial charge >= 0.3 is 0 Å². The van der Waals surface area contributed by atoms with Crippen LogP contribution in [0.5, 0.6) is 5.75 Å². The number of carbonyl (C=O) groups excluding carboxylic acids is 1. The van der Waals surface area contributed by atoms with Crippen molar-refractivity contribution in [3.63, 3.8) is 0 Å². The number of amides is 1. The van der Waals surface area contributed by atoms with E-state index < -0.39 is 0 Å². The molecule has 0 unspecified atom stereocenters. The standard InChI is InChI=1S/C19H19N3O2/c1-13(2)24-15-9-7-14(8-10-15)11-21-19(23)18-12-20-16-5-3-4-6-17(16)22-18/h3-10,12-13H,11H2,1-2H3,(H,21,23). The molecule has 0 fully saturated rings. The predicted molar refractivity (Wildman–Crippen MR) is 92.9 cm³/mol. The molecule has 5 heteroatoms. The molecule has 0 aliphatic rings. The molecule has 1 aromatic heterocycles. The Bertz CT molecular complexity index is 845. The topological polar surface area (TPSA) is 64.1 Å². The molecule has 3 rings (SSSR count). The number of aromatic nitrogens is 2. The fraction of sp³-hybridized carbons (Fsp3) is 0.211. The minimum atomic E-state index is -0.240. The number of hydrogen-bond acceptors (Lipinski definition) is 4. The smallest absolute Gasteiger partial charge is 0.271 e. The summed E-state index contributed by atoms with van der Waals surface area (Å²) >= 11 is 0. The number of hydrogen-bond donors (Lipinski definition) is 1. The van der Waals surface area contributed by atoms with E-state index in [-0.39, 0.29) is 12.0 Å². The zero-order valence-electron chi connectivity index (χ0n) is 13.7. The van der Waals surface area contributed by atoms with Crippen molar-refractivity contribution in [2.45, 2.75) is 26.5 Å². The highest BCUT2D eigenvalue weighted by Gasteiger charge is 2.09. The van der Waals surface area contributed by atoms with E-state index in [1.54, 1.807) is 0 Å². The molecule has 0 radical (unpaired) electrons. The first kappa shape index (κ1) is 15.9. The van der Waals surface area contributed by atoms with Crippen molar-refractivity contribution in [2.75, 3.05) is 0 Å². The minimum Gasteiger partial charge on any atom is -0.491 e. The van der Waals surface area contributed by atoms with Crippen LogP contribution in [0.25, 0.3) is 11.0 Å². The van der Waals surface area contributed by atoms with Gasteiger partial charge in [0.1, 0.15) is 11.4 Å². The predicted octanol–water partition coefficient (Wildman–Crippen LogP) is 3.35. The van der Waals surface area contributed by atoms with E-state index in [0.29, 0.717) is 17.8 Å². The maximum atomic E-state index is 12.2. The zero-order chi connectivity index (χ0) is 16.9. The average molecular weight is 321 g/mol. The van der Waals surface area contributed by atoms with Crippen molar-refractivity contribution in [3.8, 4) is 5.75 Å². The number of para-hydroxylation sites is 2. The molecular weight excluding hydrogens is 302 g/mol. The minimum absolute atomic E-state index is 0.141. The van der Waals surface area contributed by atoms with Gasteiger partial charge in [-0.3, -0.25) is 9.78 Å². The second-order valence-corrected chi connectivity index (χ2v) is 5.74. The van der Waals surface area contributed by atoms with Gasteiger partial charge in [0, 0.05) is 6.54 Å². The Balaban J connectivity index is 1.63. The van der Waals surface area contributed by atoms with Crippen molar-refractivity contribution >= 4 is 16.9 Å². The Morgan fingerprint density at radius 1 is 1.08 bits per heavy atom. The fourth-order valence-electron chi connectivity index (χ4n) is 2.30. The Morgan fingerprint density at radius 2 is 1.79 bits per heavy atom. The van der Waals surface area contributed by atoms with E-state index in [1.807, 2.05) is 62.4 Å². The van der Waals surface area contributed by atoms with Crippen LogP contribution in [-0.4, -0.2) is 22.0 Å². The molecule has 0 saturated heterocycles. The highest BCUT2D eigenvalue weighted by atomic mass is 16.5. The second kappa shape index (κ2) is 7.08. The lowest BCUT2D eigenvalue weighted by Crippen LogP contribution is -2.24. The van der Waals surface area contributed by atoms with E-state index in [2.05, 4.69) is 15.3 Å². The third kappa shape index (κ3) is 3.87. The summed E-state index contributed by atoms with van der Waals surface area (Å²) in [5.41, 5.74) is 2.79. The van der Waals surface area contributed by atoms with Gasteiger partial charge in [-0.2, -0.15) is 0 Å². The molecule has 5 nitrogen and oxygen atoms in total. The molecule has 0 atom stereocenters. The van der Waals surface area contributed by atoms with Crippen LogP contribution in [0.1, 0.15) is 29.9 Å². The van der Waals surface area contributed by atoms with Crippen LogP contribution >= 0.6 is 0 Å². The van der Waals surface area contributed by atoms with Crippen molar-refractivity contribution in [1.82, 2.24) is 15.3 Å². The average Bonchev–Trinajstić information content (AvgIpc) is 2.60. The van der Waals surface area contributed by atoms with Crippen LogP contribution in [0.15, 0.2) is 54.7 Å². The number of rotatable bonds is 5. The number of benzene rings is 2. The Labute approximate surface area is 140 Å². The van der Waals surface area contributed by atoms with Crippen LogP contribution in [0, 0.1) is 0 Å². The summed E-state index contributed by atoms with van der Waals surface area (Å²) in [5, 5.41) is 2.86. The summed E-state index contributed by atoms with van der Waals surface area (Å²) in [6.07, 6.45) is 1.64. The summed E-state index contributed by atoms with van der Waals surface area (Å²) in [4.78, 5) is 20.8. The summed E-state index contributed by atoms with van der Waals surface area (Å²) in [7, 11) is 0. The highest BCUT2D eigenvalue weighted by Crippen LogP contribution is 2.14. The lowest BCUT2D eigenvalue weighted by Gasteiger charge is -2.10. The van der Waals surface area contributed by atoms with Crippen LogP contribution in [0.4, 0.5) is 0 Å². The third-order valence-electron chi connectivity index (χ3n) is 3.43. The van der Waals surface area contributed by atoms with Gasteiger partial charge in [0.25, 0.3) is 5.91 Å². The Kier molecular flexibility index (Phi) is 4.70. The van der Waals surface area contributed by atoms with Gasteiger partial charge in [0.15, 0.2) is 0 Å². The second-order valence-electron chi connectivity index (χ2n) is 5.74. The van der Waals surface area contributed by atoms with E-state index >= 15 is 0 Å². The SMILES string of the molecule is CC(C)Oc1ccc(CNC(=O)c2cnc3ccccc3n2)cc1. The number of nitrogens with zero attached hydrogens (tertiary/aromatic N) is 2. The first-order valence-corrected chi connectivity index (χ1v) is 7.87. The van der Waals surface area contributed by atoms with Crippen molar-refractivity contribution in [3.05, 3.63) is 66.0 Å². The molecule has 0 saturated carbocycles. The monoisotopic (exact) mass is 321 g/mol. The van der Waals surface area contributed by atoms with E-state index in [4.69, 9.17) is 4.74 Å². The normalized spacial score (nSPS) is 10.8. The molecule has 3 aromatic rings. The van der Waals surface area contributed by atoms with Crippen LogP contribution < -0.4 is 10.1 Å². The summed E-state index contributed by atoms with van der Waals surface area (Å²) in [5.74, 6) is 0.580. The lowest BCUT2D eigenvalue weighted by molar-refractivity contribution is 0.0946. The molecule has 24 heavy (non-hydrogen) atoms. The van der Waals surface area contributed by atoms with Gasteiger partial charge in [-0.05, 0) is 43.7 Å². The number of carbonyl (C=O) groups is 1. The molecular formula is C19H19N3O2. The molecule has 2 aromatic carbocycles. The third-order valence-corrected chi connectivity index (χ3v) is 3.43. The summed E-state index contributed by atoms with van der Waals surface area (Å²) in [6.45, 7) is 4.40. The van der Waals surface area contributed by atoms with E-state index in [9.17, 15) is 4.79 Å². The first-order valence-electron chi connectivity index (χ1n) is 7.87. The van der Waals surface area contributed by atoms with Crippen molar-refractivity contribution in [2.24, 2.45) is 0 Å². The molecule has 122 valence electrons. The van der Waals surface area contributed by atoms with Crippen LogP contribution in [-0.2, 0) is 6.54 Å². The summed E-state index contributed by atoms with van der Waals surface area (Å²) < 4.78 is 5.60. The quantitative estimate of drug-likeness (QED) is 0.783. The van der Waals surface area contributed by atoms with Crippen LogP contribution in [0.2, 0.25) is 0 Å². The fourth-order valence-corrected chi connectivity index (χ4v) is 2.30.